The number of aliphatic hydroxyl groups is 1. The van der Waals surface area contributed by atoms with Crippen molar-refractivity contribution in [3.63, 3.8) is 0 Å². The number of phenols is 1. The highest BCUT2D eigenvalue weighted by atomic mass is 32.2. The molecule has 2 N–H and O–H groups in total. The molecule has 29 heavy (non-hydrogen) atoms. The quantitative estimate of drug-likeness (QED) is 0.457. The van der Waals surface area contributed by atoms with Gasteiger partial charge in [-0.05, 0) is 24.1 Å². The highest BCUT2D eigenvalue weighted by Gasteiger charge is 2.40. The van der Waals surface area contributed by atoms with Gasteiger partial charge in [-0.25, -0.2) is 0 Å². The molecule has 6 nitrogen and oxygen atoms in total. The zero-order valence-corrected chi connectivity index (χ0v) is 16.5. The van der Waals surface area contributed by atoms with Crippen LogP contribution in [0.25, 0.3) is 0 Å². The maximum atomic E-state index is 13.1. The average molecular weight is 412 g/mol. The lowest BCUT2D eigenvalue weighted by Gasteiger charge is -2.27. The van der Waals surface area contributed by atoms with Crippen molar-refractivity contribution in [2.75, 3.05) is 6.61 Å². The Labute approximate surface area is 169 Å². The van der Waals surface area contributed by atoms with Gasteiger partial charge in [0.1, 0.15) is 17.3 Å². The summed E-state index contributed by atoms with van der Waals surface area (Å²) in [6.07, 6.45) is 0. The molecule has 7 heteroatoms. The van der Waals surface area contributed by atoms with Crippen LogP contribution in [0, 0.1) is 6.92 Å². The molecular formula is C22H20O6S. The lowest BCUT2D eigenvalue weighted by Crippen LogP contribution is -2.41. The Morgan fingerprint density at radius 3 is 2.17 bits per heavy atom. The number of aromatic hydroxyl groups is 1. The van der Waals surface area contributed by atoms with Gasteiger partial charge in [-0.3, -0.25) is 8.98 Å². The van der Waals surface area contributed by atoms with E-state index in [1.54, 1.807) is 43.3 Å². The van der Waals surface area contributed by atoms with E-state index >= 15 is 0 Å². The van der Waals surface area contributed by atoms with Gasteiger partial charge in [-0.1, -0.05) is 66.7 Å². The summed E-state index contributed by atoms with van der Waals surface area (Å²) in [5, 5.41) is 20.9. The van der Waals surface area contributed by atoms with E-state index in [1.165, 1.54) is 36.4 Å². The summed E-state index contributed by atoms with van der Waals surface area (Å²) in [6, 6.07) is 20.0. The van der Waals surface area contributed by atoms with Gasteiger partial charge in [0, 0.05) is 11.6 Å². The van der Waals surface area contributed by atoms with Crippen molar-refractivity contribution >= 4 is 15.9 Å². The van der Waals surface area contributed by atoms with Crippen LogP contribution in [0.15, 0.2) is 83.8 Å². The molecule has 0 aliphatic heterocycles. The second-order valence-corrected chi connectivity index (χ2v) is 8.17. The van der Waals surface area contributed by atoms with Crippen molar-refractivity contribution in [2.24, 2.45) is 0 Å². The fourth-order valence-electron chi connectivity index (χ4n) is 2.91. The van der Waals surface area contributed by atoms with Crippen LogP contribution < -0.4 is 0 Å². The SMILES string of the molecule is Cc1ccc(O)cc1S(=O)(=O)OCC(O)(C(=O)c1ccccc1)c1ccccc1. The summed E-state index contributed by atoms with van der Waals surface area (Å²) in [6.45, 7) is 0.733. The van der Waals surface area contributed by atoms with E-state index < -0.39 is 28.1 Å². The fourth-order valence-corrected chi connectivity index (χ4v) is 4.09. The van der Waals surface area contributed by atoms with E-state index in [0.29, 0.717) is 5.56 Å². The molecule has 0 aromatic heterocycles. The molecule has 150 valence electrons. The van der Waals surface area contributed by atoms with Crippen LogP contribution in [0.4, 0.5) is 0 Å². The summed E-state index contributed by atoms with van der Waals surface area (Å²) >= 11 is 0. The minimum Gasteiger partial charge on any atom is -0.508 e. The van der Waals surface area contributed by atoms with Crippen LogP contribution in [-0.4, -0.2) is 31.0 Å². The number of ketones is 1. The number of carbonyl (C=O) groups is 1. The minimum atomic E-state index is -4.34. The van der Waals surface area contributed by atoms with Gasteiger partial charge in [0.2, 0.25) is 5.78 Å². The largest absolute Gasteiger partial charge is 0.508 e. The maximum Gasteiger partial charge on any atom is 0.297 e. The van der Waals surface area contributed by atoms with Crippen molar-refractivity contribution in [3.8, 4) is 5.75 Å². The highest BCUT2D eigenvalue weighted by Crippen LogP contribution is 2.29. The number of carbonyl (C=O) groups excluding carboxylic acids is 1. The van der Waals surface area contributed by atoms with Crippen LogP contribution in [0.2, 0.25) is 0 Å². The van der Waals surface area contributed by atoms with Crippen molar-refractivity contribution < 1.29 is 27.6 Å². The zero-order valence-electron chi connectivity index (χ0n) is 15.6. The summed E-state index contributed by atoms with van der Waals surface area (Å²) in [7, 11) is -4.34. The molecule has 0 bridgehead atoms. The second-order valence-electron chi connectivity index (χ2n) is 6.59. The first-order chi connectivity index (χ1) is 13.7. The Morgan fingerprint density at radius 2 is 1.55 bits per heavy atom. The van der Waals surface area contributed by atoms with E-state index in [1.807, 2.05) is 0 Å². The van der Waals surface area contributed by atoms with Crippen LogP contribution in [-0.2, 0) is 19.9 Å². The smallest absolute Gasteiger partial charge is 0.297 e. The molecular weight excluding hydrogens is 392 g/mol. The summed E-state index contributed by atoms with van der Waals surface area (Å²) in [5.41, 5.74) is -1.44. The number of hydrogen-bond donors (Lipinski definition) is 2. The first kappa shape index (κ1) is 20.7. The Hall–Kier alpha value is -3.00. The van der Waals surface area contributed by atoms with Crippen molar-refractivity contribution in [2.45, 2.75) is 17.4 Å². The van der Waals surface area contributed by atoms with Gasteiger partial charge in [-0.2, -0.15) is 8.42 Å². The molecule has 0 radical (unpaired) electrons. The molecule has 0 fully saturated rings. The number of aryl methyl sites for hydroxylation is 1. The fraction of sp³-hybridized carbons (Fsp3) is 0.136. The second kappa shape index (κ2) is 8.16. The number of rotatable bonds is 7. The third-order valence-electron chi connectivity index (χ3n) is 4.53. The summed E-state index contributed by atoms with van der Waals surface area (Å²) in [5.74, 6) is -0.927. The molecule has 1 unspecified atom stereocenters. The number of hydrogen-bond acceptors (Lipinski definition) is 6. The molecule has 1 atom stereocenters. The molecule has 0 aliphatic rings. The third-order valence-corrected chi connectivity index (χ3v) is 5.93. The van der Waals surface area contributed by atoms with Crippen molar-refractivity contribution in [1.29, 1.82) is 0 Å². The van der Waals surface area contributed by atoms with Crippen LogP contribution in [0.1, 0.15) is 21.5 Å². The van der Waals surface area contributed by atoms with Crippen molar-refractivity contribution in [1.82, 2.24) is 0 Å². The number of phenolic OH excluding ortho intramolecular Hbond substituents is 1. The Bertz CT molecular complexity index is 1110. The van der Waals surface area contributed by atoms with E-state index in [0.717, 1.165) is 6.07 Å². The average Bonchev–Trinajstić information content (AvgIpc) is 2.74. The molecule has 3 aromatic carbocycles. The highest BCUT2D eigenvalue weighted by molar-refractivity contribution is 7.86. The zero-order chi connectivity index (χ0) is 21.1. The van der Waals surface area contributed by atoms with Crippen molar-refractivity contribution in [3.05, 3.63) is 95.6 Å². The monoisotopic (exact) mass is 412 g/mol. The van der Waals surface area contributed by atoms with Gasteiger partial charge in [0.25, 0.3) is 10.1 Å². The van der Waals surface area contributed by atoms with E-state index in [2.05, 4.69) is 0 Å². The Kier molecular flexibility index (Phi) is 5.83. The molecule has 3 aromatic rings. The van der Waals surface area contributed by atoms with Crippen LogP contribution in [0.3, 0.4) is 0 Å². The van der Waals surface area contributed by atoms with Crippen LogP contribution in [0.5, 0.6) is 5.75 Å². The molecule has 0 aliphatic carbocycles. The first-order valence-corrected chi connectivity index (χ1v) is 10.2. The standard InChI is InChI=1S/C22H20O6S/c1-16-12-13-19(23)14-20(16)29(26,27)28-15-22(25,18-10-6-3-7-11-18)21(24)17-8-4-2-5-9-17/h2-14,23,25H,15H2,1H3. The molecule has 0 spiro atoms. The van der Waals surface area contributed by atoms with Gasteiger partial charge in [0.15, 0.2) is 5.60 Å². The minimum absolute atomic E-state index is 0.205. The number of benzene rings is 3. The molecule has 0 saturated carbocycles. The van der Waals surface area contributed by atoms with E-state index in [9.17, 15) is 23.4 Å². The molecule has 0 heterocycles. The maximum absolute atomic E-state index is 13.1. The van der Waals surface area contributed by atoms with E-state index in [4.69, 9.17) is 4.18 Å². The third kappa shape index (κ3) is 4.37. The Morgan fingerprint density at radius 1 is 0.966 bits per heavy atom. The normalized spacial score (nSPS) is 13.6. The van der Waals surface area contributed by atoms with Gasteiger partial charge < -0.3 is 10.2 Å². The predicted molar refractivity (Wildman–Crippen MR) is 107 cm³/mol. The number of Topliss-reactive ketones (excluding diaryl/α,β-unsaturated/α-hetero) is 1. The summed E-state index contributed by atoms with van der Waals surface area (Å²) < 4.78 is 30.5. The lowest BCUT2D eigenvalue weighted by atomic mass is 9.86. The van der Waals surface area contributed by atoms with Crippen LogP contribution >= 0.6 is 0 Å². The lowest BCUT2D eigenvalue weighted by molar-refractivity contribution is 0.00409. The van der Waals surface area contributed by atoms with E-state index in [-0.39, 0.29) is 21.8 Å². The van der Waals surface area contributed by atoms with Gasteiger partial charge in [-0.15, -0.1) is 0 Å². The van der Waals surface area contributed by atoms with Gasteiger partial charge in [0.05, 0.1) is 0 Å². The molecule has 0 saturated heterocycles. The van der Waals surface area contributed by atoms with Gasteiger partial charge >= 0.3 is 0 Å². The molecule has 0 amide bonds. The first-order valence-electron chi connectivity index (χ1n) is 8.81. The topological polar surface area (TPSA) is 101 Å². The predicted octanol–water partition coefficient (Wildman–Crippen LogP) is 3.18. The summed E-state index contributed by atoms with van der Waals surface area (Å²) in [4.78, 5) is 12.8. The Balaban J connectivity index is 1.98. The molecule has 3 rings (SSSR count).